The first kappa shape index (κ1) is 27.3. The SMILES string of the molecule is Cc1nccn1CC1=Cc2cc(Cl)ccc2C(C2CCN(C(=O)Nc3ccc(C#N)cc3)CC2)c2ncc(Br)cc21.[HH]. The number of halogens is 2. The minimum atomic E-state index is -0.122. The number of urea groups is 1. The lowest BCUT2D eigenvalue weighted by Crippen LogP contribution is -2.42. The number of hydrogen-bond donors (Lipinski definition) is 1. The van der Waals surface area contributed by atoms with Crippen molar-refractivity contribution >= 4 is 50.9 Å². The Balaban J connectivity index is 0.00000353. The van der Waals surface area contributed by atoms with Gasteiger partial charge in [-0.25, -0.2) is 9.78 Å². The molecule has 2 aromatic carbocycles. The highest BCUT2D eigenvalue weighted by Gasteiger charge is 2.35. The van der Waals surface area contributed by atoms with Crippen molar-refractivity contribution < 1.29 is 6.22 Å². The number of amides is 2. The number of carbonyl (C=O) groups excluding carboxylic acids is 1. The molecular formula is C32H30BrClN6O. The molecule has 0 spiro atoms. The van der Waals surface area contributed by atoms with Gasteiger partial charge in [0.2, 0.25) is 0 Å². The van der Waals surface area contributed by atoms with Crippen LogP contribution in [0.2, 0.25) is 5.02 Å². The van der Waals surface area contributed by atoms with E-state index in [1.807, 2.05) is 42.5 Å². The molecule has 1 unspecified atom stereocenters. The maximum atomic E-state index is 13.1. The fourth-order valence-electron chi connectivity index (χ4n) is 5.95. The van der Waals surface area contributed by atoms with Crippen LogP contribution in [0.3, 0.4) is 0 Å². The Labute approximate surface area is 254 Å². The number of carbonyl (C=O) groups is 1. The van der Waals surface area contributed by atoms with Crippen molar-refractivity contribution in [3.8, 4) is 6.07 Å². The molecule has 4 aromatic rings. The highest BCUT2D eigenvalue weighted by atomic mass is 79.9. The molecule has 1 atom stereocenters. The Morgan fingerprint density at radius 3 is 2.66 bits per heavy atom. The van der Waals surface area contributed by atoms with Crippen molar-refractivity contribution in [2.75, 3.05) is 18.4 Å². The maximum absolute atomic E-state index is 13.1. The summed E-state index contributed by atoms with van der Waals surface area (Å²) in [6.07, 6.45) is 9.65. The second-order valence-electron chi connectivity index (χ2n) is 10.6. The van der Waals surface area contributed by atoms with Gasteiger partial charge in [0, 0.05) is 66.3 Å². The molecule has 2 aliphatic rings. The van der Waals surface area contributed by atoms with Crippen LogP contribution in [0.5, 0.6) is 0 Å². The first-order chi connectivity index (χ1) is 19.9. The molecule has 41 heavy (non-hydrogen) atoms. The standard InChI is InChI=1S/C32H28BrClN6O.H2/c1-20-36-10-13-40(20)19-24-14-23-15-26(34)4-7-28(23)30(31-29(24)16-25(33)18-37-31)22-8-11-39(12-9-22)32(41)38-27-5-2-21(17-35)3-6-27;/h2-7,10,13-16,18,22,30H,8-9,11-12,19H2,1H3,(H,38,41);1H. The summed E-state index contributed by atoms with van der Waals surface area (Å²) in [5.41, 5.74) is 6.88. The van der Waals surface area contributed by atoms with Gasteiger partial charge in [0.05, 0.1) is 17.3 Å². The van der Waals surface area contributed by atoms with Crippen molar-refractivity contribution in [2.45, 2.75) is 32.2 Å². The number of nitrogens with one attached hydrogen (secondary N) is 1. The molecule has 9 heteroatoms. The normalized spacial score (nSPS) is 16.7. The summed E-state index contributed by atoms with van der Waals surface area (Å²) in [5.74, 6) is 1.31. The summed E-state index contributed by atoms with van der Waals surface area (Å²) in [6, 6.07) is 17.2. The quantitative estimate of drug-likeness (QED) is 0.250. The second-order valence-corrected chi connectivity index (χ2v) is 11.9. The number of imidazole rings is 1. The van der Waals surface area contributed by atoms with Gasteiger partial charge in [-0.1, -0.05) is 17.7 Å². The number of pyridine rings is 1. The molecule has 1 saturated heterocycles. The van der Waals surface area contributed by atoms with E-state index in [1.54, 1.807) is 24.3 Å². The Morgan fingerprint density at radius 2 is 1.95 bits per heavy atom. The van der Waals surface area contributed by atoms with Gasteiger partial charge >= 0.3 is 6.03 Å². The van der Waals surface area contributed by atoms with Gasteiger partial charge in [0.25, 0.3) is 0 Å². The molecule has 2 amide bonds. The molecule has 3 heterocycles. The van der Waals surface area contributed by atoms with Crippen LogP contribution in [-0.4, -0.2) is 38.6 Å². The van der Waals surface area contributed by atoms with Crippen molar-refractivity contribution in [2.24, 2.45) is 5.92 Å². The van der Waals surface area contributed by atoms with Crippen LogP contribution in [0.4, 0.5) is 10.5 Å². The van der Waals surface area contributed by atoms with Crippen LogP contribution in [-0.2, 0) is 6.54 Å². The lowest BCUT2D eigenvalue weighted by molar-refractivity contribution is 0.177. The third-order valence-corrected chi connectivity index (χ3v) is 8.74. The summed E-state index contributed by atoms with van der Waals surface area (Å²) in [6.45, 7) is 3.97. The lowest BCUT2D eigenvalue weighted by Gasteiger charge is -2.36. The lowest BCUT2D eigenvalue weighted by atomic mass is 9.76. The zero-order chi connectivity index (χ0) is 28.5. The predicted octanol–water partition coefficient (Wildman–Crippen LogP) is 7.75. The summed E-state index contributed by atoms with van der Waals surface area (Å²) in [7, 11) is 0. The van der Waals surface area contributed by atoms with Crippen LogP contribution < -0.4 is 5.32 Å². The highest BCUT2D eigenvalue weighted by molar-refractivity contribution is 9.10. The molecule has 2 aromatic heterocycles. The van der Waals surface area contributed by atoms with E-state index in [2.05, 4.69) is 55.1 Å². The first-order valence-corrected chi connectivity index (χ1v) is 14.8. The Morgan fingerprint density at radius 1 is 1.17 bits per heavy atom. The van der Waals surface area contributed by atoms with Gasteiger partial charge < -0.3 is 14.8 Å². The van der Waals surface area contributed by atoms with E-state index in [4.69, 9.17) is 21.8 Å². The van der Waals surface area contributed by atoms with Gasteiger partial charge in [-0.05, 0) is 107 Å². The van der Waals surface area contributed by atoms with Crippen molar-refractivity contribution in [1.82, 2.24) is 19.4 Å². The second kappa shape index (κ2) is 11.5. The zero-order valence-electron chi connectivity index (χ0n) is 22.5. The van der Waals surface area contributed by atoms with Gasteiger partial charge in [-0.2, -0.15) is 5.26 Å². The van der Waals surface area contributed by atoms with Crippen LogP contribution >= 0.6 is 27.5 Å². The number of hydrogen-bond acceptors (Lipinski definition) is 4. The largest absolute Gasteiger partial charge is 0.331 e. The topological polar surface area (TPSA) is 86.8 Å². The summed E-state index contributed by atoms with van der Waals surface area (Å²) >= 11 is 10.2. The average Bonchev–Trinajstić information content (AvgIpc) is 3.33. The number of likely N-dealkylation sites (tertiary alicyclic amines) is 1. The Kier molecular flexibility index (Phi) is 7.65. The number of rotatable bonds is 4. The minimum Gasteiger partial charge on any atom is -0.331 e. The van der Waals surface area contributed by atoms with Crippen LogP contribution in [0.15, 0.2) is 71.6 Å². The predicted molar refractivity (Wildman–Crippen MR) is 167 cm³/mol. The van der Waals surface area contributed by atoms with Crippen LogP contribution in [0.25, 0.3) is 11.6 Å². The maximum Gasteiger partial charge on any atom is 0.321 e. The van der Waals surface area contributed by atoms with Gasteiger partial charge in [-0.15, -0.1) is 0 Å². The van der Waals surface area contributed by atoms with E-state index in [9.17, 15) is 4.79 Å². The van der Waals surface area contributed by atoms with E-state index in [-0.39, 0.29) is 13.4 Å². The van der Waals surface area contributed by atoms with Crippen LogP contribution in [0.1, 0.15) is 54.0 Å². The average molecular weight is 630 g/mol. The van der Waals surface area contributed by atoms with E-state index in [0.717, 1.165) is 45.5 Å². The minimum absolute atomic E-state index is 0. The molecule has 1 N–H and O–H groups in total. The summed E-state index contributed by atoms with van der Waals surface area (Å²) in [5, 5.41) is 12.7. The number of nitriles is 1. The molecule has 0 saturated carbocycles. The van der Waals surface area contributed by atoms with E-state index in [1.165, 1.54) is 5.56 Å². The van der Waals surface area contributed by atoms with Crippen molar-refractivity contribution in [1.29, 1.82) is 5.26 Å². The number of piperidine rings is 1. The van der Waals surface area contributed by atoms with E-state index in [0.29, 0.717) is 41.8 Å². The Bertz CT molecular complexity index is 1690. The number of nitrogens with zero attached hydrogens (tertiary/aromatic N) is 5. The molecule has 1 aliphatic carbocycles. The number of aryl methyl sites for hydroxylation is 1. The van der Waals surface area contributed by atoms with Crippen molar-refractivity contribution in [3.05, 3.63) is 110 Å². The summed E-state index contributed by atoms with van der Waals surface area (Å²) < 4.78 is 3.08. The molecule has 0 radical (unpaired) electrons. The Hall–Kier alpha value is -3.93. The monoisotopic (exact) mass is 628 g/mol. The summed E-state index contributed by atoms with van der Waals surface area (Å²) in [4.78, 5) is 24.4. The number of allylic oxidation sites excluding steroid dienone is 1. The fraction of sp³-hybridized carbons (Fsp3) is 0.250. The van der Waals surface area contributed by atoms with Crippen LogP contribution in [0, 0.1) is 24.2 Å². The third kappa shape index (κ3) is 5.65. The molecule has 208 valence electrons. The van der Waals surface area contributed by atoms with Gasteiger partial charge in [0.1, 0.15) is 5.82 Å². The zero-order valence-corrected chi connectivity index (χ0v) is 24.9. The van der Waals surface area contributed by atoms with Gasteiger partial charge in [0.15, 0.2) is 0 Å². The van der Waals surface area contributed by atoms with Crippen molar-refractivity contribution in [3.63, 3.8) is 0 Å². The third-order valence-electron chi connectivity index (χ3n) is 8.07. The number of benzene rings is 2. The number of anilines is 1. The van der Waals surface area contributed by atoms with Gasteiger partial charge in [-0.3, -0.25) is 4.98 Å². The highest BCUT2D eigenvalue weighted by Crippen LogP contribution is 2.45. The molecule has 1 fully saturated rings. The molecule has 1 aliphatic heterocycles. The fourth-order valence-corrected chi connectivity index (χ4v) is 6.46. The molecule has 6 rings (SSSR count). The van der Waals surface area contributed by atoms with E-state index >= 15 is 0 Å². The number of fused-ring (bicyclic) bond motifs is 2. The molecule has 0 bridgehead atoms. The van der Waals surface area contributed by atoms with E-state index < -0.39 is 0 Å². The molecule has 7 nitrogen and oxygen atoms in total. The smallest absolute Gasteiger partial charge is 0.321 e. The first-order valence-electron chi connectivity index (χ1n) is 13.6. The number of aromatic nitrogens is 3. The molecular weight excluding hydrogens is 600 g/mol.